The number of benzene rings is 2. The molecule has 198 valence electrons. The van der Waals surface area contributed by atoms with Crippen molar-refractivity contribution in [2.45, 2.75) is 39.0 Å². The van der Waals surface area contributed by atoms with E-state index in [0.717, 1.165) is 23.1 Å². The fourth-order valence-electron chi connectivity index (χ4n) is 4.16. The van der Waals surface area contributed by atoms with E-state index >= 15 is 0 Å². The van der Waals surface area contributed by atoms with Crippen molar-refractivity contribution in [3.05, 3.63) is 108 Å². The smallest absolute Gasteiger partial charge is 0.419 e. The van der Waals surface area contributed by atoms with Gasteiger partial charge in [0, 0.05) is 37.0 Å². The highest BCUT2D eigenvalue weighted by molar-refractivity contribution is 5.79. The number of imidazole rings is 1. The Morgan fingerprint density at radius 3 is 2.50 bits per heavy atom. The van der Waals surface area contributed by atoms with Gasteiger partial charge in [-0.15, -0.1) is 0 Å². The van der Waals surface area contributed by atoms with E-state index < -0.39 is 29.5 Å². The Morgan fingerprint density at radius 1 is 1.08 bits per heavy atom. The number of carbonyl (C=O) groups excluding carboxylic acids is 1. The summed E-state index contributed by atoms with van der Waals surface area (Å²) in [7, 11) is 0. The summed E-state index contributed by atoms with van der Waals surface area (Å²) in [5.74, 6) is -0.549. The number of alkyl halides is 3. The number of nitrogens with zero attached hydrogens (tertiary/aromatic N) is 4. The quantitative estimate of drug-likeness (QED) is 0.245. The summed E-state index contributed by atoms with van der Waals surface area (Å²) in [5, 5.41) is 0. The van der Waals surface area contributed by atoms with Crippen LogP contribution in [0.2, 0.25) is 0 Å². The molecule has 2 heterocycles. The van der Waals surface area contributed by atoms with Crippen LogP contribution in [0.5, 0.6) is 5.75 Å². The van der Waals surface area contributed by atoms with Crippen LogP contribution in [-0.2, 0) is 23.9 Å². The molecule has 1 atom stereocenters. The topological polar surface area (TPSA) is 60.2 Å². The van der Waals surface area contributed by atoms with Gasteiger partial charge in [0.25, 0.3) is 0 Å². The maximum Gasteiger partial charge on any atom is 0.419 e. The SMILES string of the molecule is CCOc1ccc(-n2ccnc2[C@@H](C)N(Cc2cccnc2)C(=O)Cc2ccc(F)c(C(F)(F)F)c2)cc1. The molecule has 2 aromatic carbocycles. The average Bonchev–Trinajstić information content (AvgIpc) is 3.39. The van der Waals surface area contributed by atoms with Gasteiger partial charge in [0.2, 0.25) is 5.91 Å². The Labute approximate surface area is 217 Å². The third-order valence-corrected chi connectivity index (χ3v) is 6.02. The van der Waals surface area contributed by atoms with Gasteiger partial charge in [0.1, 0.15) is 17.4 Å². The molecule has 6 nitrogen and oxygen atoms in total. The van der Waals surface area contributed by atoms with Crippen molar-refractivity contribution in [1.82, 2.24) is 19.4 Å². The Hall–Kier alpha value is -4.21. The van der Waals surface area contributed by atoms with E-state index in [1.165, 1.54) is 11.0 Å². The van der Waals surface area contributed by atoms with E-state index in [-0.39, 0.29) is 18.5 Å². The van der Waals surface area contributed by atoms with Crippen LogP contribution in [0.3, 0.4) is 0 Å². The highest BCUT2D eigenvalue weighted by Crippen LogP contribution is 2.32. The van der Waals surface area contributed by atoms with Gasteiger partial charge in [0.05, 0.1) is 24.6 Å². The molecule has 0 aliphatic rings. The number of amides is 1. The third kappa shape index (κ3) is 6.19. The van der Waals surface area contributed by atoms with Gasteiger partial charge in [-0.2, -0.15) is 13.2 Å². The molecule has 10 heteroatoms. The largest absolute Gasteiger partial charge is 0.494 e. The molecule has 0 aliphatic carbocycles. The minimum absolute atomic E-state index is 0.0574. The highest BCUT2D eigenvalue weighted by Gasteiger charge is 2.34. The van der Waals surface area contributed by atoms with Crippen LogP contribution in [0.15, 0.2) is 79.4 Å². The standard InChI is InChI=1S/C28H26F4N4O2/c1-3-38-23-9-7-22(8-10-23)35-14-13-34-27(35)19(2)36(18-21-5-4-12-33-17-21)26(37)16-20-6-11-25(29)24(15-20)28(30,31)32/h4-15,17,19H,3,16,18H2,1-2H3/t19-/m1/s1. The van der Waals surface area contributed by atoms with E-state index in [1.807, 2.05) is 35.8 Å². The summed E-state index contributed by atoms with van der Waals surface area (Å²) >= 11 is 0. The van der Waals surface area contributed by atoms with Gasteiger partial charge < -0.3 is 14.2 Å². The van der Waals surface area contributed by atoms with Crippen LogP contribution in [0.1, 0.15) is 42.4 Å². The van der Waals surface area contributed by atoms with Crippen molar-refractivity contribution in [2.75, 3.05) is 6.61 Å². The van der Waals surface area contributed by atoms with Crippen molar-refractivity contribution < 1.29 is 27.1 Å². The molecule has 0 bridgehead atoms. The molecule has 0 saturated heterocycles. The van der Waals surface area contributed by atoms with E-state index in [0.29, 0.717) is 18.5 Å². The van der Waals surface area contributed by atoms with Crippen LogP contribution in [0, 0.1) is 5.82 Å². The van der Waals surface area contributed by atoms with Gasteiger partial charge >= 0.3 is 6.18 Å². The third-order valence-electron chi connectivity index (χ3n) is 6.02. The first-order valence-electron chi connectivity index (χ1n) is 12.0. The number of ether oxygens (including phenoxy) is 1. The lowest BCUT2D eigenvalue weighted by atomic mass is 10.1. The lowest BCUT2D eigenvalue weighted by molar-refractivity contribution is -0.140. The lowest BCUT2D eigenvalue weighted by Gasteiger charge is -2.30. The molecule has 1 amide bonds. The van der Waals surface area contributed by atoms with Crippen molar-refractivity contribution in [3.8, 4) is 11.4 Å². The van der Waals surface area contributed by atoms with Crippen LogP contribution in [-0.4, -0.2) is 31.9 Å². The molecule has 4 aromatic rings. The number of halogens is 4. The predicted octanol–water partition coefficient (Wildman–Crippen LogP) is 6.16. The highest BCUT2D eigenvalue weighted by atomic mass is 19.4. The lowest BCUT2D eigenvalue weighted by Crippen LogP contribution is -2.35. The monoisotopic (exact) mass is 526 g/mol. The molecular weight excluding hydrogens is 500 g/mol. The second-order valence-electron chi connectivity index (χ2n) is 8.63. The van der Waals surface area contributed by atoms with Crippen molar-refractivity contribution >= 4 is 5.91 Å². The molecule has 4 rings (SSSR count). The summed E-state index contributed by atoms with van der Waals surface area (Å²) in [6, 6.07) is 13.0. The number of hydrogen-bond donors (Lipinski definition) is 0. The first kappa shape index (κ1) is 26.8. The maximum atomic E-state index is 13.8. The van der Waals surface area contributed by atoms with E-state index in [9.17, 15) is 22.4 Å². The van der Waals surface area contributed by atoms with Gasteiger partial charge in [0.15, 0.2) is 0 Å². The predicted molar refractivity (Wildman–Crippen MR) is 133 cm³/mol. The molecule has 0 saturated carbocycles. The molecule has 38 heavy (non-hydrogen) atoms. The molecule has 0 N–H and O–H groups in total. The second-order valence-corrected chi connectivity index (χ2v) is 8.63. The Bertz CT molecular complexity index is 1370. The van der Waals surface area contributed by atoms with Crippen molar-refractivity contribution in [2.24, 2.45) is 0 Å². The van der Waals surface area contributed by atoms with Gasteiger partial charge in [-0.05, 0) is 67.4 Å². The van der Waals surface area contributed by atoms with Crippen LogP contribution in [0.4, 0.5) is 17.6 Å². The number of pyridine rings is 1. The minimum atomic E-state index is -4.87. The zero-order valence-corrected chi connectivity index (χ0v) is 20.8. The van der Waals surface area contributed by atoms with Crippen LogP contribution < -0.4 is 4.74 Å². The van der Waals surface area contributed by atoms with Crippen LogP contribution in [0.25, 0.3) is 5.69 Å². The maximum absolute atomic E-state index is 13.8. The second kappa shape index (κ2) is 11.5. The Morgan fingerprint density at radius 2 is 1.84 bits per heavy atom. The first-order chi connectivity index (χ1) is 18.2. The summed E-state index contributed by atoms with van der Waals surface area (Å²) in [6.45, 7) is 4.38. The molecule has 2 aromatic heterocycles. The minimum Gasteiger partial charge on any atom is -0.494 e. The fraction of sp³-hybridized carbons (Fsp3) is 0.250. The fourth-order valence-corrected chi connectivity index (χ4v) is 4.16. The van der Waals surface area contributed by atoms with Gasteiger partial charge in [-0.1, -0.05) is 12.1 Å². The van der Waals surface area contributed by atoms with Crippen molar-refractivity contribution in [3.63, 3.8) is 0 Å². The number of rotatable bonds is 9. The average molecular weight is 527 g/mol. The summed E-state index contributed by atoms with van der Waals surface area (Å²) in [4.78, 5) is 23.7. The summed E-state index contributed by atoms with van der Waals surface area (Å²) in [6.07, 6.45) is 1.39. The summed E-state index contributed by atoms with van der Waals surface area (Å²) in [5.41, 5.74) is 0.194. The number of carbonyl (C=O) groups is 1. The van der Waals surface area contributed by atoms with Crippen LogP contribution >= 0.6 is 0 Å². The zero-order chi connectivity index (χ0) is 27.3. The molecular formula is C28H26F4N4O2. The molecule has 0 radical (unpaired) electrons. The van der Waals surface area contributed by atoms with Crippen molar-refractivity contribution in [1.29, 1.82) is 0 Å². The van der Waals surface area contributed by atoms with E-state index in [4.69, 9.17) is 4.74 Å². The number of hydrogen-bond acceptors (Lipinski definition) is 4. The summed E-state index contributed by atoms with van der Waals surface area (Å²) < 4.78 is 60.9. The Kier molecular flexibility index (Phi) is 8.09. The zero-order valence-electron chi connectivity index (χ0n) is 20.8. The molecule has 0 aliphatic heterocycles. The molecule has 0 fully saturated rings. The van der Waals surface area contributed by atoms with Gasteiger partial charge in [-0.25, -0.2) is 9.37 Å². The van der Waals surface area contributed by atoms with E-state index in [2.05, 4.69) is 9.97 Å². The molecule has 0 spiro atoms. The Balaban J connectivity index is 1.65. The molecule has 0 unspecified atom stereocenters. The first-order valence-corrected chi connectivity index (χ1v) is 12.0. The van der Waals surface area contributed by atoms with Gasteiger partial charge in [-0.3, -0.25) is 9.78 Å². The van der Waals surface area contributed by atoms with E-state index in [1.54, 1.807) is 43.8 Å². The number of aromatic nitrogens is 3. The normalized spacial score (nSPS) is 12.3.